The Hall–Kier alpha value is -1.59. The SMILES string of the molecule is CC(CC(=O)Nc1ccc(CC(N)=O)cc1)C1CCNCC1.Cl. The molecule has 0 bridgehead atoms. The molecular formula is C17H26ClN3O2. The zero-order chi connectivity index (χ0) is 15.9. The van der Waals surface area contributed by atoms with Gasteiger partial charge in [-0.25, -0.2) is 0 Å². The molecule has 0 aromatic heterocycles. The van der Waals surface area contributed by atoms with Crippen molar-refractivity contribution in [3.05, 3.63) is 29.8 Å². The third-order valence-corrected chi connectivity index (χ3v) is 4.31. The zero-order valence-electron chi connectivity index (χ0n) is 13.5. The van der Waals surface area contributed by atoms with Crippen molar-refractivity contribution in [2.75, 3.05) is 18.4 Å². The van der Waals surface area contributed by atoms with Gasteiger partial charge in [-0.1, -0.05) is 19.1 Å². The van der Waals surface area contributed by atoms with Crippen LogP contribution in [0.2, 0.25) is 0 Å². The van der Waals surface area contributed by atoms with Gasteiger partial charge in [-0.3, -0.25) is 9.59 Å². The Morgan fingerprint density at radius 1 is 1.26 bits per heavy atom. The Labute approximate surface area is 143 Å². The lowest BCUT2D eigenvalue weighted by molar-refractivity contribution is -0.118. The number of carbonyl (C=O) groups is 2. The van der Waals surface area contributed by atoms with E-state index in [1.165, 1.54) is 0 Å². The highest BCUT2D eigenvalue weighted by Crippen LogP contribution is 2.24. The summed E-state index contributed by atoms with van der Waals surface area (Å²) in [5, 5.41) is 6.27. The van der Waals surface area contributed by atoms with Crippen LogP contribution in [0.1, 0.15) is 31.7 Å². The number of primary amides is 1. The van der Waals surface area contributed by atoms with Crippen molar-refractivity contribution in [2.24, 2.45) is 17.6 Å². The first kappa shape index (κ1) is 19.5. The van der Waals surface area contributed by atoms with Crippen LogP contribution in [0.3, 0.4) is 0 Å². The van der Waals surface area contributed by atoms with Gasteiger partial charge in [-0.05, 0) is 55.5 Å². The van der Waals surface area contributed by atoms with Gasteiger partial charge in [0, 0.05) is 12.1 Å². The molecule has 128 valence electrons. The molecule has 1 fully saturated rings. The Morgan fingerprint density at radius 3 is 2.43 bits per heavy atom. The lowest BCUT2D eigenvalue weighted by Gasteiger charge is -2.27. The number of nitrogens with two attached hydrogens (primary N) is 1. The highest BCUT2D eigenvalue weighted by atomic mass is 35.5. The van der Waals surface area contributed by atoms with Crippen LogP contribution in [0.4, 0.5) is 5.69 Å². The van der Waals surface area contributed by atoms with E-state index < -0.39 is 0 Å². The Balaban J connectivity index is 0.00000264. The molecule has 5 nitrogen and oxygen atoms in total. The predicted molar refractivity (Wildman–Crippen MR) is 94.6 cm³/mol. The summed E-state index contributed by atoms with van der Waals surface area (Å²) in [6.07, 6.45) is 3.07. The summed E-state index contributed by atoms with van der Waals surface area (Å²) in [4.78, 5) is 23.0. The molecule has 1 aromatic carbocycles. The molecule has 0 saturated carbocycles. The van der Waals surface area contributed by atoms with Gasteiger partial charge in [0.2, 0.25) is 11.8 Å². The van der Waals surface area contributed by atoms with E-state index in [0.29, 0.717) is 18.3 Å². The maximum atomic E-state index is 12.1. The second-order valence-electron chi connectivity index (χ2n) is 6.16. The lowest BCUT2D eigenvalue weighted by Crippen LogP contribution is -2.32. The number of hydrogen-bond donors (Lipinski definition) is 3. The van der Waals surface area contributed by atoms with Gasteiger partial charge in [0.05, 0.1) is 6.42 Å². The lowest BCUT2D eigenvalue weighted by atomic mass is 9.84. The van der Waals surface area contributed by atoms with E-state index in [1.807, 2.05) is 24.3 Å². The number of halogens is 1. The van der Waals surface area contributed by atoms with Gasteiger partial charge in [0.15, 0.2) is 0 Å². The van der Waals surface area contributed by atoms with E-state index in [-0.39, 0.29) is 30.6 Å². The summed E-state index contributed by atoms with van der Waals surface area (Å²) >= 11 is 0. The molecule has 1 aliphatic heterocycles. The van der Waals surface area contributed by atoms with Crippen LogP contribution in [0.25, 0.3) is 0 Å². The number of nitrogens with one attached hydrogen (secondary N) is 2. The van der Waals surface area contributed by atoms with Crippen molar-refractivity contribution in [3.63, 3.8) is 0 Å². The van der Waals surface area contributed by atoms with Crippen molar-refractivity contribution in [3.8, 4) is 0 Å². The van der Waals surface area contributed by atoms with Crippen LogP contribution in [-0.2, 0) is 16.0 Å². The number of carbonyl (C=O) groups excluding carboxylic acids is 2. The average Bonchev–Trinajstić information content (AvgIpc) is 2.49. The van der Waals surface area contributed by atoms with Crippen molar-refractivity contribution >= 4 is 29.9 Å². The molecule has 23 heavy (non-hydrogen) atoms. The molecular weight excluding hydrogens is 314 g/mol. The molecule has 0 radical (unpaired) electrons. The fourth-order valence-corrected chi connectivity index (χ4v) is 2.99. The first-order chi connectivity index (χ1) is 10.5. The Kier molecular flexibility index (Phi) is 8.06. The average molecular weight is 340 g/mol. The normalized spacial score (nSPS) is 16.2. The fourth-order valence-electron chi connectivity index (χ4n) is 2.99. The zero-order valence-corrected chi connectivity index (χ0v) is 14.3. The van der Waals surface area contributed by atoms with Crippen LogP contribution < -0.4 is 16.4 Å². The monoisotopic (exact) mass is 339 g/mol. The molecule has 2 amide bonds. The molecule has 1 heterocycles. The van der Waals surface area contributed by atoms with Crippen LogP contribution in [0.15, 0.2) is 24.3 Å². The maximum absolute atomic E-state index is 12.1. The molecule has 4 N–H and O–H groups in total. The molecule has 1 unspecified atom stereocenters. The van der Waals surface area contributed by atoms with Crippen LogP contribution in [0.5, 0.6) is 0 Å². The molecule has 1 aliphatic rings. The molecule has 1 atom stereocenters. The third kappa shape index (κ3) is 6.59. The number of amides is 2. The number of rotatable bonds is 6. The van der Waals surface area contributed by atoms with Gasteiger partial charge < -0.3 is 16.4 Å². The molecule has 6 heteroatoms. The smallest absolute Gasteiger partial charge is 0.224 e. The summed E-state index contributed by atoms with van der Waals surface area (Å²) in [6, 6.07) is 7.25. The van der Waals surface area contributed by atoms with Crippen molar-refractivity contribution in [2.45, 2.75) is 32.6 Å². The fraction of sp³-hybridized carbons (Fsp3) is 0.529. The molecule has 0 aliphatic carbocycles. The highest BCUT2D eigenvalue weighted by Gasteiger charge is 2.21. The van der Waals surface area contributed by atoms with Crippen molar-refractivity contribution in [1.29, 1.82) is 0 Å². The van der Waals surface area contributed by atoms with Crippen molar-refractivity contribution in [1.82, 2.24) is 5.32 Å². The molecule has 1 aromatic rings. The largest absolute Gasteiger partial charge is 0.369 e. The second-order valence-corrected chi connectivity index (χ2v) is 6.16. The number of anilines is 1. The number of benzene rings is 1. The van der Waals surface area contributed by atoms with Gasteiger partial charge in [-0.2, -0.15) is 0 Å². The van der Waals surface area contributed by atoms with Crippen LogP contribution >= 0.6 is 12.4 Å². The summed E-state index contributed by atoms with van der Waals surface area (Å²) in [5.74, 6) is 0.724. The number of piperidine rings is 1. The Bertz CT molecular complexity index is 513. The summed E-state index contributed by atoms with van der Waals surface area (Å²) in [6.45, 7) is 4.27. The van der Waals surface area contributed by atoms with Crippen molar-refractivity contribution < 1.29 is 9.59 Å². The van der Waals surface area contributed by atoms with E-state index in [1.54, 1.807) is 0 Å². The van der Waals surface area contributed by atoms with Gasteiger partial charge in [0.25, 0.3) is 0 Å². The van der Waals surface area contributed by atoms with Crippen LogP contribution in [-0.4, -0.2) is 24.9 Å². The minimum atomic E-state index is -0.354. The summed E-state index contributed by atoms with van der Waals surface area (Å²) in [5.41, 5.74) is 6.77. The summed E-state index contributed by atoms with van der Waals surface area (Å²) < 4.78 is 0. The standard InChI is InChI=1S/C17H25N3O2.ClH/c1-12(14-6-8-19-9-7-14)10-17(22)20-15-4-2-13(3-5-15)11-16(18)21;/h2-5,12,14,19H,6-11H2,1H3,(H2,18,21)(H,20,22);1H. The first-order valence-corrected chi connectivity index (χ1v) is 7.92. The molecule has 1 saturated heterocycles. The third-order valence-electron chi connectivity index (χ3n) is 4.31. The van der Waals surface area contributed by atoms with Gasteiger partial charge >= 0.3 is 0 Å². The van der Waals surface area contributed by atoms with E-state index in [0.717, 1.165) is 37.2 Å². The van der Waals surface area contributed by atoms with E-state index in [4.69, 9.17) is 5.73 Å². The summed E-state index contributed by atoms with van der Waals surface area (Å²) in [7, 11) is 0. The second kappa shape index (κ2) is 9.53. The predicted octanol–water partition coefficient (Wildman–Crippen LogP) is 2.10. The minimum absolute atomic E-state index is 0. The minimum Gasteiger partial charge on any atom is -0.369 e. The molecule has 0 spiro atoms. The number of hydrogen-bond acceptors (Lipinski definition) is 3. The molecule has 2 rings (SSSR count). The van der Waals surface area contributed by atoms with Crippen LogP contribution in [0, 0.1) is 11.8 Å². The van der Waals surface area contributed by atoms with E-state index >= 15 is 0 Å². The quantitative estimate of drug-likeness (QED) is 0.742. The Morgan fingerprint density at radius 2 is 1.87 bits per heavy atom. The first-order valence-electron chi connectivity index (χ1n) is 7.92. The van der Waals surface area contributed by atoms with E-state index in [9.17, 15) is 9.59 Å². The van der Waals surface area contributed by atoms with Gasteiger partial charge in [0.1, 0.15) is 0 Å². The topological polar surface area (TPSA) is 84.2 Å². The maximum Gasteiger partial charge on any atom is 0.224 e. The highest BCUT2D eigenvalue weighted by molar-refractivity contribution is 5.90. The van der Waals surface area contributed by atoms with Gasteiger partial charge in [-0.15, -0.1) is 12.4 Å². The van der Waals surface area contributed by atoms with E-state index in [2.05, 4.69) is 17.6 Å².